The second-order valence-corrected chi connectivity index (χ2v) is 6.17. The van der Waals surface area contributed by atoms with Crippen LogP contribution in [0, 0.1) is 12.7 Å². The molecule has 2 heteroatoms. The molecular formula is C19H22FN. The van der Waals surface area contributed by atoms with E-state index in [9.17, 15) is 4.39 Å². The van der Waals surface area contributed by atoms with Gasteiger partial charge in [-0.25, -0.2) is 4.39 Å². The average molecular weight is 283 g/mol. The summed E-state index contributed by atoms with van der Waals surface area (Å²) in [6, 6.07) is 16.4. The normalized spacial score (nSPS) is 22.6. The Bertz CT molecular complexity index is 616. The summed E-state index contributed by atoms with van der Waals surface area (Å²) in [6.45, 7) is 4.38. The third kappa shape index (κ3) is 3.16. The number of hydrogen-bond acceptors (Lipinski definition) is 1. The van der Waals surface area contributed by atoms with Crippen LogP contribution < -0.4 is 5.32 Å². The molecule has 0 saturated heterocycles. The van der Waals surface area contributed by atoms with Gasteiger partial charge in [0.2, 0.25) is 0 Å². The first kappa shape index (κ1) is 14.3. The molecule has 1 atom stereocenters. The maximum Gasteiger partial charge on any atom is 0.123 e. The molecule has 0 unspecified atom stereocenters. The number of benzene rings is 2. The summed E-state index contributed by atoms with van der Waals surface area (Å²) in [4.78, 5) is 0. The molecule has 2 aromatic rings. The monoisotopic (exact) mass is 283 g/mol. The molecule has 1 aliphatic rings. The zero-order valence-electron chi connectivity index (χ0n) is 12.6. The summed E-state index contributed by atoms with van der Waals surface area (Å²) in [5.74, 6) is 0.374. The molecule has 1 aliphatic carbocycles. The fourth-order valence-electron chi connectivity index (χ4n) is 3.30. The Labute approximate surface area is 126 Å². The number of rotatable bonds is 4. The van der Waals surface area contributed by atoms with E-state index in [1.807, 2.05) is 6.07 Å². The van der Waals surface area contributed by atoms with Crippen LogP contribution in [-0.2, 0) is 0 Å². The van der Waals surface area contributed by atoms with Crippen molar-refractivity contribution in [1.82, 2.24) is 5.32 Å². The van der Waals surface area contributed by atoms with E-state index in [1.165, 1.54) is 17.2 Å². The van der Waals surface area contributed by atoms with E-state index in [0.717, 1.165) is 18.4 Å². The first-order valence-electron chi connectivity index (χ1n) is 7.70. The Morgan fingerprint density at radius 3 is 2.57 bits per heavy atom. The molecule has 0 aromatic heterocycles. The SMILES string of the molecule is Cc1ccccc1[C@H](C)NC1CC(c2cccc(F)c2)C1. The molecule has 0 radical (unpaired) electrons. The lowest BCUT2D eigenvalue weighted by Gasteiger charge is -2.38. The molecule has 0 aliphatic heterocycles. The minimum Gasteiger partial charge on any atom is -0.307 e. The minimum atomic E-state index is -0.128. The summed E-state index contributed by atoms with van der Waals surface area (Å²) in [5.41, 5.74) is 3.84. The number of hydrogen-bond donors (Lipinski definition) is 1. The van der Waals surface area contributed by atoms with Crippen molar-refractivity contribution in [3.63, 3.8) is 0 Å². The molecule has 1 saturated carbocycles. The highest BCUT2D eigenvalue weighted by molar-refractivity contribution is 5.29. The Kier molecular flexibility index (Phi) is 4.07. The van der Waals surface area contributed by atoms with Gasteiger partial charge in [-0.3, -0.25) is 0 Å². The van der Waals surface area contributed by atoms with Gasteiger partial charge in [-0.15, -0.1) is 0 Å². The molecule has 1 N–H and O–H groups in total. The highest BCUT2D eigenvalue weighted by atomic mass is 19.1. The Morgan fingerprint density at radius 2 is 1.86 bits per heavy atom. The van der Waals surface area contributed by atoms with Gasteiger partial charge in [-0.2, -0.15) is 0 Å². The van der Waals surface area contributed by atoms with Crippen molar-refractivity contribution < 1.29 is 4.39 Å². The predicted octanol–water partition coefficient (Wildman–Crippen LogP) is 4.73. The fourth-order valence-corrected chi connectivity index (χ4v) is 3.30. The van der Waals surface area contributed by atoms with E-state index in [4.69, 9.17) is 0 Å². The highest BCUT2D eigenvalue weighted by Gasteiger charge is 2.31. The van der Waals surface area contributed by atoms with Crippen LogP contribution in [0.15, 0.2) is 48.5 Å². The molecule has 21 heavy (non-hydrogen) atoms. The van der Waals surface area contributed by atoms with Gasteiger partial charge in [-0.05, 0) is 61.4 Å². The molecule has 2 aromatic carbocycles. The molecular weight excluding hydrogens is 261 g/mol. The molecule has 1 fully saturated rings. The molecule has 110 valence electrons. The summed E-state index contributed by atoms with van der Waals surface area (Å²) in [6.07, 6.45) is 2.19. The molecule has 0 heterocycles. The zero-order chi connectivity index (χ0) is 14.8. The standard InChI is InChI=1S/C19H22FN/c1-13-6-3-4-9-19(13)14(2)21-18-11-16(12-18)15-7-5-8-17(20)10-15/h3-10,14,16,18,21H,11-12H2,1-2H3/t14-,16?,18?/m0/s1. The summed E-state index contributed by atoms with van der Waals surface area (Å²) in [7, 11) is 0. The van der Waals surface area contributed by atoms with Crippen LogP contribution in [0.1, 0.15) is 48.4 Å². The van der Waals surface area contributed by atoms with Crippen molar-refractivity contribution in [3.05, 3.63) is 71.0 Å². The number of aryl methyl sites for hydroxylation is 1. The van der Waals surface area contributed by atoms with Crippen molar-refractivity contribution in [2.45, 2.75) is 44.7 Å². The average Bonchev–Trinajstić information content (AvgIpc) is 2.42. The van der Waals surface area contributed by atoms with Crippen LogP contribution in [0.2, 0.25) is 0 Å². The van der Waals surface area contributed by atoms with Crippen molar-refractivity contribution in [2.75, 3.05) is 0 Å². The Morgan fingerprint density at radius 1 is 1.10 bits per heavy atom. The molecule has 1 nitrogen and oxygen atoms in total. The second kappa shape index (κ2) is 5.98. The van der Waals surface area contributed by atoms with Crippen molar-refractivity contribution in [2.24, 2.45) is 0 Å². The first-order valence-corrected chi connectivity index (χ1v) is 7.70. The quantitative estimate of drug-likeness (QED) is 0.855. The van der Waals surface area contributed by atoms with E-state index in [2.05, 4.69) is 43.4 Å². The van der Waals surface area contributed by atoms with Gasteiger partial charge in [0.05, 0.1) is 0 Å². The van der Waals surface area contributed by atoms with Crippen LogP contribution in [-0.4, -0.2) is 6.04 Å². The van der Waals surface area contributed by atoms with Gasteiger partial charge in [0.1, 0.15) is 5.82 Å². The van der Waals surface area contributed by atoms with Gasteiger partial charge >= 0.3 is 0 Å². The van der Waals surface area contributed by atoms with Gasteiger partial charge in [0.25, 0.3) is 0 Å². The third-order valence-corrected chi connectivity index (χ3v) is 4.60. The van der Waals surface area contributed by atoms with Gasteiger partial charge < -0.3 is 5.32 Å². The Hall–Kier alpha value is -1.67. The van der Waals surface area contributed by atoms with Gasteiger partial charge in [0, 0.05) is 12.1 Å². The van der Waals surface area contributed by atoms with Gasteiger partial charge in [-0.1, -0.05) is 36.4 Å². The highest BCUT2D eigenvalue weighted by Crippen LogP contribution is 2.38. The Balaban J connectivity index is 1.56. The van der Waals surface area contributed by atoms with Gasteiger partial charge in [0.15, 0.2) is 0 Å². The number of nitrogens with one attached hydrogen (secondary N) is 1. The van der Waals surface area contributed by atoms with E-state index >= 15 is 0 Å². The zero-order valence-corrected chi connectivity index (χ0v) is 12.6. The van der Waals surface area contributed by atoms with E-state index in [1.54, 1.807) is 12.1 Å². The molecule has 0 amide bonds. The summed E-state index contributed by atoms with van der Waals surface area (Å²) in [5, 5.41) is 3.69. The summed E-state index contributed by atoms with van der Waals surface area (Å²) < 4.78 is 13.2. The first-order chi connectivity index (χ1) is 10.1. The predicted molar refractivity (Wildman–Crippen MR) is 84.9 cm³/mol. The number of halogens is 1. The van der Waals surface area contributed by atoms with Crippen LogP contribution in [0.4, 0.5) is 4.39 Å². The molecule has 0 spiro atoms. The van der Waals surface area contributed by atoms with E-state index < -0.39 is 0 Å². The molecule has 3 rings (SSSR count). The van der Waals surface area contributed by atoms with Crippen molar-refractivity contribution in [3.8, 4) is 0 Å². The summed E-state index contributed by atoms with van der Waals surface area (Å²) >= 11 is 0. The minimum absolute atomic E-state index is 0.128. The van der Waals surface area contributed by atoms with Crippen molar-refractivity contribution >= 4 is 0 Å². The smallest absolute Gasteiger partial charge is 0.123 e. The lowest BCUT2D eigenvalue weighted by atomic mass is 9.75. The maximum atomic E-state index is 13.2. The van der Waals surface area contributed by atoms with E-state index in [-0.39, 0.29) is 5.82 Å². The third-order valence-electron chi connectivity index (χ3n) is 4.60. The lowest BCUT2D eigenvalue weighted by molar-refractivity contribution is 0.270. The van der Waals surface area contributed by atoms with Crippen LogP contribution >= 0.6 is 0 Å². The van der Waals surface area contributed by atoms with Crippen LogP contribution in [0.3, 0.4) is 0 Å². The molecule has 0 bridgehead atoms. The fraction of sp³-hybridized carbons (Fsp3) is 0.368. The lowest BCUT2D eigenvalue weighted by Crippen LogP contribution is -2.41. The maximum absolute atomic E-state index is 13.2. The van der Waals surface area contributed by atoms with Crippen molar-refractivity contribution in [1.29, 1.82) is 0 Å². The van der Waals surface area contributed by atoms with Crippen LogP contribution in [0.5, 0.6) is 0 Å². The topological polar surface area (TPSA) is 12.0 Å². The van der Waals surface area contributed by atoms with E-state index in [0.29, 0.717) is 18.0 Å². The largest absolute Gasteiger partial charge is 0.307 e. The second-order valence-electron chi connectivity index (χ2n) is 6.17. The van der Waals surface area contributed by atoms with Crippen LogP contribution in [0.25, 0.3) is 0 Å².